The van der Waals surface area contributed by atoms with Gasteiger partial charge in [0.05, 0.1) is 5.41 Å². The number of carboxylic acid groups (broad SMARTS) is 1. The van der Waals surface area contributed by atoms with Gasteiger partial charge in [0.1, 0.15) is 0 Å². The van der Waals surface area contributed by atoms with Crippen molar-refractivity contribution in [1.82, 2.24) is 4.90 Å². The SMILES string of the molecule is CCCC1(C(=O)O)CCN(C(N)=O)CC1. The number of nitrogens with two attached hydrogens (primary N) is 1. The van der Waals surface area contributed by atoms with E-state index in [2.05, 4.69) is 0 Å². The van der Waals surface area contributed by atoms with Crippen molar-refractivity contribution < 1.29 is 14.7 Å². The summed E-state index contributed by atoms with van der Waals surface area (Å²) in [7, 11) is 0. The van der Waals surface area contributed by atoms with Gasteiger partial charge >= 0.3 is 12.0 Å². The molecule has 0 atom stereocenters. The molecule has 15 heavy (non-hydrogen) atoms. The standard InChI is InChI=1S/C10H18N2O3/c1-2-3-10(8(13)14)4-6-12(7-5-10)9(11)15/h2-7H2,1H3,(H2,11,15)(H,13,14). The molecule has 1 aliphatic rings. The quantitative estimate of drug-likeness (QED) is 0.736. The Morgan fingerprint density at radius 1 is 1.40 bits per heavy atom. The molecule has 3 N–H and O–H groups in total. The Morgan fingerprint density at radius 2 is 1.93 bits per heavy atom. The number of likely N-dealkylation sites (tertiary alicyclic amines) is 1. The van der Waals surface area contributed by atoms with Crippen LogP contribution in [0, 0.1) is 5.41 Å². The van der Waals surface area contributed by atoms with Gasteiger partial charge in [-0.15, -0.1) is 0 Å². The third kappa shape index (κ3) is 2.40. The molecule has 0 aliphatic carbocycles. The average molecular weight is 214 g/mol. The van der Waals surface area contributed by atoms with E-state index in [1.54, 1.807) is 0 Å². The summed E-state index contributed by atoms with van der Waals surface area (Å²) >= 11 is 0. The number of rotatable bonds is 3. The minimum Gasteiger partial charge on any atom is -0.481 e. The molecule has 0 aromatic rings. The number of nitrogens with zero attached hydrogens (tertiary/aromatic N) is 1. The number of aliphatic carboxylic acids is 1. The van der Waals surface area contributed by atoms with E-state index in [1.165, 1.54) is 4.90 Å². The second-order valence-corrected chi connectivity index (χ2v) is 4.16. The fourth-order valence-electron chi connectivity index (χ4n) is 2.20. The zero-order valence-corrected chi connectivity index (χ0v) is 9.03. The lowest BCUT2D eigenvalue weighted by Gasteiger charge is -2.38. The van der Waals surface area contributed by atoms with Gasteiger partial charge in [-0.25, -0.2) is 4.79 Å². The lowest BCUT2D eigenvalue weighted by molar-refractivity contribution is -0.152. The zero-order valence-electron chi connectivity index (χ0n) is 9.03. The Balaban J connectivity index is 2.65. The highest BCUT2D eigenvalue weighted by Crippen LogP contribution is 2.36. The summed E-state index contributed by atoms with van der Waals surface area (Å²) in [5, 5.41) is 9.21. The smallest absolute Gasteiger partial charge is 0.314 e. The maximum absolute atomic E-state index is 11.2. The first-order valence-corrected chi connectivity index (χ1v) is 5.29. The van der Waals surface area contributed by atoms with Crippen molar-refractivity contribution in [3.63, 3.8) is 0 Å². The Bertz CT molecular complexity index is 257. The highest BCUT2D eigenvalue weighted by Gasteiger charge is 2.41. The summed E-state index contributed by atoms with van der Waals surface area (Å²) in [5.74, 6) is -0.742. The molecule has 1 aliphatic heterocycles. The van der Waals surface area contributed by atoms with E-state index in [9.17, 15) is 14.7 Å². The lowest BCUT2D eigenvalue weighted by atomic mass is 9.75. The van der Waals surface area contributed by atoms with Crippen molar-refractivity contribution >= 4 is 12.0 Å². The highest BCUT2D eigenvalue weighted by molar-refractivity contribution is 5.76. The molecule has 1 saturated heterocycles. The molecular weight excluding hydrogens is 196 g/mol. The molecule has 1 rings (SSSR count). The van der Waals surface area contributed by atoms with E-state index < -0.39 is 17.4 Å². The van der Waals surface area contributed by atoms with Gasteiger partial charge in [-0.05, 0) is 19.3 Å². The summed E-state index contributed by atoms with van der Waals surface area (Å²) in [4.78, 5) is 23.6. The number of piperidine rings is 1. The van der Waals surface area contributed by atoms with Gasteiger partial charge in [0, 0.05) is 13.1 Å². The van der Waals surface area contributed by atoms with Crippen molar-refractivity contribution in [3.05, 3.63) is 0 Å². The van der Waals surface area contributed by atoms with E-state index in [1.807, 2.05) is 6.92 Å². The second-order valence-electron chi connectivity index (χ2n) is 4.16. The summed E-state index contributed by atoms with van der Waals surface area (Å²) in [6.07, 6.45) is 2.55. The number of hydrogen-bond acceptors (Lipinski definition) is 2. The summed E-state index contributed by atoms with van der Waals surface area (Å²) in [5.41, 5.74) is 4.51. The molecule has 0 aromatic heterocycles. The minimum absolute atomic E-state index is 0.453. The molecule has 0 unspecified atom stereocenters. The van der Waals surface area contributed by atoms with Crippen LogP contribution in [0.25, 0.3) is 0 Å². The molecule has 86 valence electrons. The lowest BCUT2D eigenvalue weighted by Crippen LogP contribution is -2.48. The second kappa shape index (κ2) is 4.51. The monoisotopic (exact) mass is 214 g/mol. The van der Waals surface area contributed by atoms with E-state index >= 15 is 0 Å². The molecule has 0 radical (unpaired) electrons. The zero-order chi connectivity index (χ0) is 11.5. The van der Waals surface area contributed by atoms with Crippen molar-refractivity contribution in [2.75, 3.05) is 13.1 Å². The fourth-order valence-corrected chi connectivity index (χ4v) is 2.20. The maximum atomic E-state index is 11.2. The Labute approximate surface area is 89.2 Å². The summed E-state index contributed by atoms with van der Waals surface area (Å²) in [6, 6.07) is -0.453. The molecule has 0 spiro atoms. The van der Waals surface area contributed by atoms with Crippen LogP contribution >= 0.6 is 0 Å². The van der Waals surface area contributed by atoms with Gasteiger partial charge in [0.2, 0.25) is 0 Å². The normalized spacial score (nSPS) is 19.9. The average Bonchev–Trinajstić information content (AvgIpc) is 2.18. The summed E-state index contributed by atoms with van der Waals surface area (Å²) < 4.78 is 0. The molecule has 0 aromatic carbocycles. The topological polar surface area (TPSA) is 83.6 Å². The fraction of sp³-hybridized carbons (Fsp3) is 0.800. The molecule has 2 amide bonds. The van der Waals surface area contributed by atoms with Crippen LogP contribution in [0.5, 0.6) is 0 Å². The van der Waals surface area contributed by atoms with Gasteiger partial charge in [-0.3, -0.25) is 4.79 Å². The van der Waals surface area contributed by atoms with Crippen molar-refractivity contribution in [2.45, 2.75) is 32.6 Å². The minimum atomic E-state index is -0.742. The van der Waals surface area contributed by atoms with Gasteiger partial charge in [-0.2, -0.15) is 0 Å². The number of carbonyl (C=O) groups is 2. The van der Waals surface area contributed by atoms with Gasteiger partial charge < -0.3 is 15.7 Å². The highest BCUT2D eigenvalue weighted by atomic mass is 16.4. The Hall–Kier alpha value is -1.26. The first-order valence-electron chi connectivity index (χ1n) is 5.29. The van der Waals surface area contributed by atoms with E-state index in [4.69, 9.17) is 5.73 Å². The first-order chi connectivity index (χ1) is 7.02. The number of primary amides is 1. The molecule has 1 fully saturated rings. The Kier molecular flexibility index (Phi) is 3.55. The van der Waals surface area contributed by atoms with Crippen LogP contribution in [0.2, 0.25) is 0 Å². The predicted octanol–water partition coefficient (Wildman–Crippen LogP) is 1.03. The molecule has 0 bridgehead atoms. The van der Waals surface area contributed by atoms with Crippen molar-refractivity contribution in [1.29, 1.82) is 0 Å². The number of carboxylic acids is 1. The van der Waals surface area contributed by atoms with Gasteiger partial charge in [-0.1, -0.05) is 13.3 Å². The van der Waals surface area contributed by atoms with Crippen LogP contribution in [0.3, 0.4) is 0 Å². The van der Waals surface area contributed by atoms with Crippen molar-refractivity contribution in [3.8, 4) is 0 Å². The van der Waals surface area contributed by atoms with Crippen LogP contribution < -0.4 is 5.73 Å². The molecular formula is C10H18N2O3. The van der Waals surface area contributed by atoms with Gasteiger partial charge in [0.15, 0.2) is 0 Å². The van der Waals surface area contributed by atoms with Crippen LogP contribution in [0.15, 0.2) is 0 Å². The third-order valence-electron chi connectivity index (χ3n) is 3.21. The third-order valence-corrected chi connectivity index (χ3v) is 3.21. The molecule has 1 heterocycles. The maximum Gasteiger partial charge on any atom is 0.314 e. The predicted molar refractivity (Wildman–Crippen MR) is 55.4 cm³/mol. The van der Waals surface area contributed by atoms with Crippen LogP contribution in [-0.2, 0) is 4.79 Å². The van der Waals surface area contributed by atoms with E-state index in [0.717, 1.165) is 6.42 Å². The number of amides is 2. The number of carbonyl (C=O) groups excluding carboxylic acids is 1. The van der Waals surface area contributed by atoms with Crippen LogP contribution in [0.4, 0.5) is 4.79 Å². The van der Waals surface area contributed by atoms with Gasteiger partial charge in [0.25, 0.3) is 0 Å². The van der Waals surface area contributed by atoms with E-state index in [-0.39, 0.29) is 0 Å². The number of urea groups is 1. The van der Waals surface area contributed by atoms with Crippen molar-refractivity contribution in [2.24, 2.45) is 11.1 Å². The molecule has 5 nitrogen and oxygen atoms in total. The number of hydrogen-bond donors (Lipinski definition) is 2. The van der Waals surface area contributed by atoms with E-state index in [0.29, 0.717) is 32.4 Å². The molecule has 5 heteroatoms. The first kappa shape index (κ1) is 11.8. The Morgan fingerprint density at radius 3 is 2.27 bits per heavy atom. The largest absolute Gasteiger partial charge is 0.481 e. The van der Waals surface area contributed by atoms with Crippen LogP contribution in [0.1, 0.15) is 32.6 Å². The van der Waals surface area contributed by atoms with Crippen LogP contribution in [-0.4, -0.2) is 35.1 Å². The molecule has 0 saturated carbocycles. The summed E-state index contributed by atoms with van der Waals surface area (Å²) in [6.45, 7) is 2.90.